The summed E-state index contributed by atoms with van der Waals surface area (Å²) >= 11 is 5.88. The summed E-state index contributed by atoms with van der Waals surface area (Å²) < 4.78 is 7.28. The van der Waals surface area contributed by atoms with Crippen LogP contribution in [0, 0.1) is 13.8 Å². The summed E-state index contributed by atoms with van der Waals surface area (Å²) in [4.78, 5) is 12.2. The fraction of sp³-hybridized carbons (Fsp3) is 0.538. The van der Waals surface area contributed by atoms with Crippen molar-refractivity contribution in [2.24, 2.45) is 7.05 Å². The number of aryl methyl sites for hydroxylation is 2. The van der Waals surface area contributed by atoms with Gasteiger partial charge in [0, 0.05) is 24.8 Å². The van der Waals surface area contributed by atoms with Gasteiger partial charge >= 0.3 is 6.01 Å². The van der Waals surface area contributed by atoms with Crippen molar-refractivity contribution in [1.82, 2.24) is 24.7 Å². The standard InChI is InChI=1S/C13H19ClN6O/c1-7(2)21-13-17-11(14)16-12(18-13)15-6-10-8(3)19-20(5)9(10)4/h7H,6H2,1-5H3,(H,15,16,17,18). The van der Waals surface area contributed by atoms with Crippen LogP contribution in [0.4, 0.5) is 5.95 Å². The predicted molar refractivity (Wildman–Crippen MR) is 80.6 cm³/mol. The van der Waals surface area contributed by atoms with E-state index >= 15 is 0 Å². The van der Waals surface area contributed by atoms with Gasteiger partial charge in [0.05, 0.1) is 11.8 Å². The highest BCUT2D eigenvalue weighted by Gasteiger charge is 2.11. The average Bonchev–Trinajstić information content (AvgIpc) is 2.59. The molecule has 21 heavy (non-hydrogen) atoms. The van der Waals surface area contributed by atoms with Crippen molar-refractivity contribution in [3.05, 3.63) is 22.2 Å². The fourth-order valence-corrected chi connectivity index (χ4v) is 2.07. The molecule has 0 saturated carbocycles. The van der Waals surface area contributed by atoms with E-state index in [0.29, 0.717) is 12.5 Å². The van der Waals surface area contributed by atoms with Crippen LogP contribution >= 0.6 is 11.6 Å². The van der Waals surface area contributed by atoms with Crippen LogP contribution in [0.25, 0.3) is 0 Å². The Morgan fingerprint density at radius 2 is 1.95 bits per heavy atom. The first-order valence-corrected chi connectivity index (χ1v) is 7.05. The van der Waals surface area contributed by atoms with Gasteiger partial charge in [-0.05, 0) is 39.3 Å². The first kappa shape index (κ1) is 15.5. The van der Waals surface area contributed by atoms with E-state index in [0.717, 1.165) is 17.0 Å². The molecular weight excluding hydrogens is 292 g/mol. The number of hydrogen-bond donors (Lipinski definition) is 1. The third kappa shape index (κ3) is 3.81. The number of rotatable bonds is 5. The van der Waals surface area contributed by atoms with Crippen molar-refractivity contribution in [2.75, 3.05) is 5.32 Å². The minimum Gasteiger partial charge on any atom is -0.461 e. The zero-order valence-corrected chi connectivity index (χ0v) is 13.6. The summed E-state index contributed by atoms with van der Waals surface area (Å²) in [5.74, 6) is 0.383. The van der Waals surface area contributed by atoms with Gasteiger partial charge in [-0.25, -0.2) is 0 Å². The lowest BCUT2D eigenvalue weighted by Crippen LogP contribution is -2.12. The number of hydrogen-bond acceptors (Lipinski definition) is 6. The molecule has 2 rings (SSSR count). The third-order valence-corrected chi connectivity index (χ3v) is 3.18. The van der Waals surface area contributed by atoms with Gasteiger partial charge in [0.1, 0.15) is 0 Å². The fourth-order valence-electron chi connectivity index (χ4n) is 1.92. The number of nitrogens with one attached hydrogen (secondary N) is 1. The second kappa shape index (κ2) is 6.26. The quantitative estimate of drug-likeness (QED) is 0.913. The molecule has 0 radical (unpaired) electrons. The molecule has 8 heteroatoms. The molecular formula is C13H19ClN6O. The molecule has 1 N–H and O–H groups in total. The van der Waals surface area contributed by atoms with Crippen molar-refractivity contribution >= 4 is 17.5 Å². The van der Waals surface area contributed by atoms with Crippen molar-refractivity contribution in [2.45, 2.75) is 40.3 Å². The first-order chi connectivity index (χ1) is 9.86. The summed E-state index contributed by atoms with van der Waals surface area (Å²) in [5, 5.41) is 7.60. The van der Waals surface area contributed by atoms with Crippen molar-refractivity contribution in [3.63, 3.8) is 0 Å². The normalized spacial score (nSPS) is 11.0. The molecule has 2 heterocycles. The summed E-state index contributed by atoms with van der Waals surface area (Å²) in [5.41, 5.74) is 3.18. The SMILES string of the molecule is Cc1nn(C)c(C)c1CNc1nc(Cl)nc(OC(C)C)n1. The van der Waals surface area contributed by atoms with Crippen LogP contribution < -0.4 is 10.1 Å². The molecule has 2 aromatic heterocycles. The van der Waals surface area contributed by atoms with Crippen LogP contribution in [0.3, 0.4) is 0 Å². The molecule has 2 aromatic rings. The van der Waals surface area contributed by atoms with Gasteiger partial charge in [-0.15, -0.1) is 0 Å². The van der Waals surface area contributed by atoms with Gasteiger partial charge in [0.2, 0.25) is 11.2 Å². The molecule has 0 aliphatic carbocycles. The summed E-state index contributed by atoms with van der Waals surface area (Å²) in [6, 6.07) is 0.215. The lowest BCUT2D eigenvalue weighted by Gasteiger charge is -2.10. The monoisotopic (exact) mass is 310 g/mol. The minimum atomic E-state index is -0.0286. The smallest absolute Gasteiger partial charge is 0.322 e. The summed E-state index contributed by atoms with van der Waals surface area (Å²) in [6.45, 7) is 8.34. The van der Waals surface area contributed by atoms with E-state index in [-0.39, 0.29) is 17.4 Å². The lowest BCUT2D eigenvalue weighted by molar-refractivity contribution is 0.222. The molecule has 0 amide bonds. The van der Waals surface area contributed by atoms with E-state index < -0.39 is 0 Å². The zero-order valence-electron chi connectivity index (χ0n) is 12.8. The Morgan fingerprint density at radius 3 is 2.52 bits per heavy atom. The van der Waals surface area contributed by atoms with Gasteiger partial charge in [0.15, 0.2) is 0 Å². The Bertz CT molecular complexity index is 640. The van der Waals surface area contributed by atoms with E-state index in [4.69, 9.17) is 16.3 Å². The Morgan fingerprint density at radius 1 is 1.24 bits per heavy atom. The number of halogens is 1. The first-order valence-electron chi connectivity index (χ1n) is 6.68. The van der Waals surface area contributed by atoms with E-state index in [2.05, 4.69) is 25.4 Å². The maximum absolute atomic E-state index is 5.88. The average molecular weight is 311 g/mol. The van der Waals surface area contributed by atoms with Crippen LogP contribution in [-0.2, 0) is 13.6 Å². The highest BCUT2D eigenvalue weighted by molar-refractivity contribution is 6.28. The molecule has 0 aliphatic heterocycles. The van der Waals surface area contributed by atoms with E-state index in [9.17, 15) is 0 Å². The topological polar surface area (TPSA) is 77.8 Å². The minimum absolute atomic E-state index is 0.0286. The third-order valence-electron chi connectivity index (χ3n) is 3.01. The molecule has 0 fully saturated rings. The molecule has 0 saturated heterocycles. The van der Waals surface area contributed by atoms with Crippen molar-refractivity contribution in [1.29, 1.82) is 0 Å². The maximum Gasteiger partial charge on any atom is 0.322 e. The predicted octanol–water partition coefficient (Wildman–Crippen LogP) is 2.27. The zero-order chi connectivity index (χ0) is 15.6. The molecule has 0 atom stereocenters. The Hall–Kier alpha value is -1.89. The van der Waals surface area contributed by atoms with Crippen LogP contribution in [0.1, 0.15) is 30.8 Å². The van der Waals surface area contributed by atoms with E-state index in [1.807, 2.05) is 39.4 Å². The van der Waals surface area contributed by atoms with Crippen LogP contribution in [-0.4, -0.2) is 30.8 Å². The highest BCUT2D eigenvalue weighted by Crippen LogP contribution is 2.16. The van der Waals surface area contributed by atoms with Gasteiger partial charge in [-0.2, -0.15) is 20.1 Å². The van der Waals surface area contributed by atoms with Gasteiger partial charge in [-0.3, -0.25) is 4.68 Å². The highest BCUT2D eigenvalue weighted by atomic mass is 35.5. The second-order valence-corrected chi connectivity index (χ2v) is 5.34. The number of aromatic nitrogens is 5. The van der Waals surface area contributed by atoms with Gasteiger partial charge < -0.3 is 10.1 Å². The molecule has 0 spiro atoms. The summed E-state index contributed by atoms with van der Waals surface area (Å²) in [7, 11) is 1.92. The Kier molecular flexibility index (Phi) is 4.62. The number of nitrogens with zero attached hydrogens (tertiary/aromatic N) is 5. The van der Waals surface area contributed by atoms with E-state index in [1.165, 1.54) is 0 Å². The van der Waals surface area contributed by atoms with Crippen LogP contribution in [0.5, 0.6) is 6.01 Å². The number of ether oxygens (including phenoxy) is 1. The maximum atomic E-state index is 5.88. The van der Waals surface area contributed by atoms with Crippen LogP contribution in [0.15, 0.2) is 0 Å². The van der Waals surface area contributed by atoms with Gasteiger partial charge in [0.25, 0.3) is 0 Å². The molecule has 0 unspecified atom stereocenters. The lowest BCUT2D eigenvalue weighted by atomic mass is 10.2. The van der Waals surface area contributed by atoms with E-state index in [1.54, 1.807) is 0 Å². The largest absolute Gasteiger partial charge is 0.461 e. The molecule has 7 nitrogen and oxygen atoms in total. The molecule has 0 aromatic carbocycles. The van der Waals surface area contributed by atoms with Crippen molar-refractivity contribution < 1.29 is 4.74 Å². The van der Waals surface area contributed by atoms with Crippen LogP contribution in [0.2, 0.25) is 5.28 Å². The van der Waals surface area contributed by atoms with Crippen molar-refractivity contribution in [3.8, 4) is 6.01 Å². The summed E-state index contributed by atoms with van der Waals surface area (Å²) in [6.07, 6.45) is -0.0286. The molecule has 0 aliphatic rings. The molecule has 0 bridgehead atoms. The number of anilines is 1. The second-order valence-electron chi connectivity index (χ2n) is 5.00. The van der Waals surface area contributed by atoms with Gasteiger partial charge in [-0.1, -0.05) is 0 Å². The Labute approximate surface area is 128 Å². The Balaban J connectivity index is 2.14. The molecule has 114 valence electrons.